The van der Waals surface area contributed by atoms with Crippen LogP contribution in [-0.4, -0.2) is 40.5 Å². The Hall–Kier alpha value is -3.78. The summed E-state index contributed by atoms with van der Waals surface area (Å²) in [5.74, 6) is -3.37. The van der Waals surface area contributed by atoms with Gasteiger partial charge in [-0.2, -0.15) is 0 Å². The number of phenols is 1. The molecule has 38 heavy (non-hydrogen) atoms. The summed E-state index contributed by atoms with van der Waals surface area (Å²) in [5.41, 5.74) is 2.69. The molecule has 192 valence electrons. The number of carbonyl (C=O) groups excluding carboxylic acids is 4. The van der Waals surface area contributed by atoms with Crippen molar-refractivity contribution in [3.63, 3.8) is 0 Å². The Kier molecular flexibility index (Phi) is 5.94. The molecule has 0 bridgehead atoms. The summed E-state index contributed by atoms with van der Waals surface area (Å²) in [6, 6.07) is 14.4. The topological polar surface area (TPSA) is 101 Å². The van der Waals surface area contributed by atoms with Crippen LogP contribution in [0.2, 0.25) is 0 Å². The Morgan fingerprint density at radius 3 is 2.50 bits per heavy atom. The van der Waals surface area contributed by atoms with E-state index in [0.29, 0.717) is 23.1 Å². The number of methoxy groups -OCH3 is 1. The number of Topliss-reactive ketones (excluding diaryl/α,β-unsaturated/α-hetero) is 1. The number of phenolic OH excluding ortho intramolecular Hbond substituents is 1. The summed E-state index contributed by atoms with van der Waals surface area (Å²) in [6.07, 6.45) is 3.72. The number of fused-ring (bicyclic) bond motifs is 3. The highest BCUT2D eigenvalue weighted by molar-refractivity contribution is 9.12. The highest BCUT2D eigenvalue weighted by atomic mass is 79.9. The number of carbonyl (C=O) groups is 4. The molecule has 0 aromatic heterocycles. The van der Waals surface area contributed by atoms with Gasteiger partial charge in [0.05, 0.1) is 30.0 Å². The Labute approximate surface area is 227 Å². The molecule has 0 unspecified atom stereocenters. The Bertz CT molecular complexity index is 1500. The number of hydrogen-bond donors (Lipinski definition) is 1. The fourth-order valence-corrected chi connectivity index (χ4v) is 6.93. The summed E-state index contributed by atoms with van der Waals surface area (Å²) in [6.45, 7) is 0.188. The SMILES string of the molecule is COc1cccc([C@H]2C3=CC[C@@H]4C(=O)N(Cc5ccccc5)C(=O)[C@@H]4[C@@H]3CC3=C2C(=O)C=C(Br)C3=O)c1O. The van der Waals surface area contributed by atoms with Crippen LogP contribution in [0.15, 0.2) is 81.9 Å². The quantitative estimate of drug-likeness (QED) is 0.331. The minimum atomic E-state index is -0.737. The van der Waals surface area contributed by atoms with Gasteiger partial charge in [-0.25, -0.2) is 0 Å². The second-order valence-electron chi connectivity index (χ2n) is 10.0. The first-order valence-electron chi connectivity index (χ1n) is 12.5. The third-order valence-electron chi connectivity index (χ3n) is 8.17. The molecule has 1 heterocycles. The first kappa shape index (κ1) is 24.6. The molecule has 4 atom stereocenters. The third-order valence-corrected chi connectivity index (χ3v) is 8.76. The number of hydrogen-bond acceptors (Lipinski definition) is 6. The zero-order chi connectivity index (χ0) is 26.7. The number of benzene rings is 2. The van der Waals surface area contributed by atoms with Crippen molar-refractivity contribution >= 4 is 39.3 Å². The summed E-state index contributed by atoms with van der Waals surface area (Å²) < 4.78 is 5.48. The lowest BCUT2D eigenvalue weighted by Crippen LogP contribution is -2.39. The van der Waals surface area contributed by atoms with Gasteiger partial charge in [0, 0.05) is 28.7 Å². The Morgan fingerprint density at radius 1 is 1.00 bits per heavy atom. The summed E-state index contributed by atoms with van der Waals surface area (Å²) >= 11 is 3.23. The number of nitrogens with zero attached hydrogens (tertiary/aromatic N) is 1. The maximum Gasteiger partial charge on any atom is 0.234 e. The van der Waals surface area contributed by atoms with Crippen molar-refractivity contribution in [1.29, 1.82) is 0 Å². The van der Waals surface area contributed by atoms with Crippen molar-refractivity contribution in [3.05, 3.63) is 93.0 Å². The summed E-state index contributed by atoms with van der Waals surface area (Å²) in [5, 5.41) is 11.1. The number of halogens is 1. The van der Waals surface area contributed by atoms with E-state index in [0.717, 1.165) is 11.1 Å². The molecule has 2 amide bonds. The number of para-hydroxylation sites is 1. The van der Waals surface area contributed by atoms with Gasteiger partial charge in [-0.05, 0) is 46.3 Å². The van der Waals surface area contributed by atoms with Gasteiger partial charge < -0.3 is 9.84 Å². The van der Waals surface area contributed by atoms with E-state index >= 15 is 0 Å². The van der Waals surface area contributed by atoms with Gasteiger partial charge >= 0.3 is 0 Å². The average molecular weight is 574 g/mol. The van der Waals surface area contributed by atoms with Crippen LogP contribution < -0.4 is 4.74 Å². The van der Waals surface area contributed by atoms with E-state index < -0.39 is 23.7 Å². The monoisotopic (exact) mass is 573 g/mol. The highest BCUT2D eigenvalue weighted by Crippen LogP contribution is 2.56. The molecule has 4 aliphatic rings. The highest BCUT2D eigenvalue weighted by Gasteiger charge is 2.56. The number of ether oxygens (including phenoxy) is 1. The first-order chi connectivity index (χ1) is 18.3. The van der Waals surface area contributed by atoms with Crippen LogP contribution in [0.3, 0.4) is 0 Å². The molecule has 7 nitrogen and oxygen atoms in total. The second kappa shape index (κ2) is 9.20. The largest absolute Gasteiger partial charge is 0.504 e. The van der Waals surface area contributed by atoms with Crippen molar-refractivity contribution < 1.29 is 29.0 Å². The normalized spacial score (nSPS) is 26.5. The standard InChI is InChI=1S/C30H24BrNO6/c1-38-23-9-5-8-17(28(23)35)24-16-10-11-18-25(19(16)12-20-26(24)22(33)13-21(31)27(20)34)30(37)32(29(18)36)14-15-6-3-2-4-7-15/h2-10,13,18-19,24-25,35H,11-12,14H2,1H3/t18-,19+,24+,25-/m0/s1. The lowest BCUT2D eigenvalue weighted by molar-refractivity contribution is -0.140. The van der Waals surface area contributed by atoms with Crippen LogP contribution >= 0.6 is 15.9 Å². The van der Waals surface area contributed by atoms with Crippen LogP contribution in [0.5, 0.6) is 11.5 Å². The summed E-state index contributed by atoms with van der Waals surface area (Å²) in [4.78, 5) is 55.2. The van der Waals surface area contributed by atoms with Gasteiger partial charge in [0.25, 0.3) is 0 Å². The molecule has 1 N–H and O–H groups in total. The lowest BCUT2D eigenvalue weighted by Gasteiger charge is -2.42. The van der Waals surface area contributed by atoms with E-state index in [1.807, 2.05) is 36.4 Å². The van der Waals surface area contributed by atoms with E-state index in [-0.39, 0.29) is 52.3 Å². The first-order valence-corrected chi connectivity index (χ1v) is 13.2. The van der Waals surface area contributed by atoms with Crippen LogP contribution in [0.25, 0.3) is 0 Å². The molecule has 0 saturated carbocycles. The molecule has 2 aromatic carbocycles. The summed E-state index contributed by atoms with van der Waals surface area (Å²) in [7, 11) is 1.44. The van der Waals surface area contributed by atoms with Crippen molar-refractivity contribution in [3.8, 4) is 11.5 Å². The van der Waals surface area contributed by atoms with Crippen LogP contribution in [0.1, 0.15) is 29.9 Å². The molecule has 1 fully saturated rings. The molecule has 0 radical (unpaired) electrons. The van der Waals surface area contributed by atoms with Crippen molar-refractivity contribution in [2.75, 3.05) is 7.11 Å². The van der Waals surface area contributed by atoms with Crippen LogP contribution in [-0.2, 0) is 25.7 Å². The second-order valence-corrected chi connectivity index (χ2v) is 10.9. The van der Waals surface area contributed by atoms with Crippen molar-refractivity contribution in [1.82, 2.24) is 4.90 Å². The molecule has 8 heteroatoms. The predicted molar refractivity (Wildman–Crippen MR) is 141 cm³/mol. The van der Waals surface area contributed by atoms with E-state index in [4.69, 9.17) is 4.74 Å². The minimum Gasteiger partial charge on any atom is -0.504 e. The average Bonchev–Trinajstić information content (AvgIpc) is 3.16. The van der Waals surface area contributed by atoms with E-state index in [2.05, 4.69) is 15.9 Å². The van der Waals surface area contributed by atoms with Gasteiger partial charge in [-0.3, -0.25) is 24.1 Å². The van der Waals surface area contributed by atoms with Gasteiger partial charge in [0.2, 0.25) is 11.8 Å². The maximum absolute atomic E-state index is 13.8. The molecular weight excluding hydrogens is 550 g/mol. The molecule has 1 saturated heterocycles. The number of amides is 2. The zero-order valence-electron chi connectivity index (χ0n) is 20.5. The Balaban J connectivity index is 1.47. The predicted octanol–water partition coefficient (Wildman–Crippen LogP) is 4.36. The smallest absolute Gasteiger partial charge is 0.234 e. The molecule has 6 rings (SSSR count). The van der Waals surface area contributed by atoms with Gasteiger partial charge in [-0.1, -0.05) is 54.1 Å². The number of rotatable bonds is 4. The maximum atomic E-state index is 13.8. The molecule has 1 aliphatic heterocycles. The number of ketones is 2. The molecule has 0 spiro atoms. The van der Waals surface area contributed by atoms with Crippen LogP contribution in [0, 0.1) is 17.8 Å². The van der Waals surface area contributed by atoms with Crippen molar-refractivity contribution in [2.24, 2.45) is 17.8 Å². The lowest BCUT2D eigenvalue weighted by atomic mass is 9.59. The third kappa shape index (κ3) is 3.61. The number of imide groups is 1. The van der Waals surface area contributed by atoms with Gasteiger partial charge in [0.1, 0.15) is 0 Å². The fraction of sp³-hybridized carbons (Fsp3) is 0.267. The molecule has 3 aliphatic carbocycles. The Morgan fingerprint density at radius 2 is 1.76 bits per heavy atom. The fourth-order valence-electron chi connectivity index (χ4n) is 6.49. The van der Waals surface area contributed by atoms with Gasteiger partial charge in [-0.15, -0.1) is 0 Å². The molecule has 2 aromatic rings. The number of aromatic hydroxyl groups is 1. The minimum absolute atomic E-state index is 0.121. The zero-order valence-corrected chi connectivity index (χ0v) is 22.1. The number of allylic oxidation sites excluding steroid dienone is 6. The number of likely N-dealkylation sites (tertiary alicyclic amines) is 1. The van der Waals surface area contributed by atoms with E-state index in [1.54, 1.807) is 18.2 Å². The van der Waals surface area contributed by atoms with Gasteiger partial charge in [0.15, 0.2) is 23.1 Å². The van der Waals surface area contributed by atoms with E-state index in [9.17, 15) is 24.3 Å². The molecular formula is C30H24BrNO6. The van der Waals surface area contributed by atoms with E-state index in [1.165, 1.54) is 18.1 Å². The van der Waals surface area contributed by atoms with Crippen molar-refractivity contribution in [2.45, 2.75) is 25.3 Å². The van der Waals surface area contributed by atoms with Crippen LogP contribution in [0.4, 0.5) is 0 Å².